The third-order valence-corrected chi connectivity index (χ3v) is 2.59. The second-order valence-corrected chi connectivity index (χ2v) is 3.92. The largest absolute Gasteiger partial charge is 0.433 e. The molecule has 2 N–H and O–H groups in total. The van der Waals surface area contributed by atoms with Crippen LogP contribution in [-0.2, 0) is 12.7 Å². The van der Waals surface area contributed by atoms with Crippen LogP contribution in [0.1, 0.15) is 11.3 Å². The molecule has 2 nitrogen and oxygen atoms in total. The Bertz CT molecular complexity index is 593. The monoisotopic (exact) mass is 270 g/mol. The van der Waals surface area contributed by atoms with Gasteiger partial charge < -0.3 is 5.73 Å². The Morgan fingerprint density at radius 1 is 1.11 bits per heavy atom. The minimum atomic E-state index is -4.55. The summed E-state index contributed by atoms with van der Waals surface area (Å²) >= 11 is 0. The molecule has 0 aliphatic heterocycles. The van der Waals surface area contributed by atoms with Gasteiger partial charge in [-0.1, -0.05) is 18.2 Å². The second-order valence-electron chi connectivity index (χ2n) is 3.92. The first kappa shape index (κ1) is 13.5. The molecule has 1 aromatic carbocycles. The molecule has 0 unspecified atom stereocenters. The molecule has 0 saturated carbocycles. The highest BCUT2D eigenvalue weighted by Crippen LogP contribution is 2.31. The predicted molar refractivity (Wildman–Crippen MR) is 62.5 cm³/mol. The van der Waals surface area contributed by atoms with Gasteiger partial charge in [-0.2, -0.15) is 13.2 Å². The highest BCUT2D eigenvalue weighted by Gasteiger charge is 2.33. The summed E-state index contributed by atoms with van der Waals surface area (Å²) in [5.41, 5.74) is 5.20. The number of benzene rings is 1. The normalized spacial score (nSPS) is 11.6. The summed E-state index contributed by atoms with van der Waals surface area (Å²) in [6, 6.07) is 7.36. The molecule has 0 radical (unpaired) electrons. The summed E-state index contributed by atoms with van der Waals surface area (Å²) in [5.74, 6) is -0.542. The molecule has 1 aromatic heterocycles. The lowest BCUT2D eigenvalue weighted by atomic mass is 10.0. The summed E-state index contributed by atoms with van der Waals surface area (Å²) in [4.78, 5) is 3.55. The van der Waals surface area contributed by atoms with Crippen molar-refractivity contribution in [1.29, 1.82) is 0 Å². The Morgan fingerprint density at radius 3 is 2.42 bits per heavy atom. The van der Waals surface area contributed by atoms with Crippen molar-refractivity contribution in [2.75, 3.05) is 0 Å². The topological polar surface area (TPSA) is 38.9 Å². The van der Waals surface area contributed by atoms with E-state index in [0.717, 1.165) is 12.1 Å². The summed E-state index contributed by atoms with van der Waals surface area (Å²) in [6.45, 7) is 0.0248. The number of hydrogen-bond donors (Lipinski definition) is 1. The SMILES string of the molecule is NCc1ccc(C(F)(F)F)nc1-c1cccc(F)c1. The molecule has 19 heavy (non-hydrogen) atoms. The third-order valence-electron chi connectivity index (χ3n) is 2.59. The molecule has 0 aliphatic rings. The van der Waals surface area contributed by atoms with Crippen molar-refractivity contribution in [2.45, 2.75) is 12.7 Å². The van der Waals surface area contributed by atoms with Gasteiger partial charge in [0.25, 0.3) is 0 Å². The Balaban J connectivity index is 2.60. The molecule has 100 valence electrons. The maximum absolute atomic E-state index is 13.1. The zero-order valence-corrected chi connectivity index (χ0v) is 9.71. The first-order valence-corrected chi connectivity index (χ1v) is 5.45. The summed E-state index contributed by atoms with van der Waals surface area (Å²) in [6.07, 6.45) is -4.55. The van der Waals surface area contributed by atoms with Crippen LogP contribution >= 0.6 is 0 Å². The van der Waals surface area contributed by atoms with E-state index in [-0.39, 0.29) is 17.8 Å². The molecular formula is C13H10F4N2. The Labute approximate surface area is 106 Å². The van der Waals surface area contributed by atoms with Crippen LogP contribution < -0.4 is 5.73 Å². The molecule has 1 heterocycles. The average Bonchev–Trinajstić information content (AvgIpc) is 2.37. The zero-order valence-electron chi connectivity index (χ0n) is 9.71. The molecular weight excluding hydrogens is 260 g/mol. The van der Waals surface area contributed by atoms with Crippen LogP contribution in [0.2, 0.25) is 0 Å². The van der Waals surface area contributed by atoms with Crippen LogP contribution in [0.4, 0.5) is 17.6 Å². The van der Waals surface area contributed by atoms with Crippen LogP contribution in [0.3, 0.4) is 0 Å². The minimum absolute atomic E-state index is 0.0248. The fourth-order valence-corrected chi connectivity index (χ4v) is 1.70. The molecule has 2 aromatic rings. The Kier molecular flexibility index (Phi) is 3.53. The van der Waals surface area contributed by atoms with Gasteiger partial charge in [0.05, 0.1) is 5.69 Å². The van der Waals surface area contributed by atoms with Crippen LogP contribution in [0, 0.1) is 5.82 Å². The van der Waals surface area contributed by atoms with Gasteiger partial charge in [0.15, 0.2) is 0 Å². The first-order chi connectivity index (χ1) is 8.91. The number of aromatic nitrogens is 1. The van der Waals surface area contributed by atoms with Crippen LogP contribution in [0.5, 0.6) is 0 Å². The first-order valence-electron chi connectivity index (χ1n) is 5.45. The van der Waals surface area contributed by atoms with E-state index in [1.54, 1.807) is 0 Å². The number of nitrogens with zero attached hydrogens (tertiary/aromatic N) is 1. The maximum atomic E-state index is 13.1. The molecule has 2 rings (SSSR count). The van der Waals surface area contributed by atoms with Crippen molar-refractivity contribution >= 4 is 0 Å². The van der Waals surface area contributed by atoms with Gasteiger partial charge in [-0.3, -0.25) is 0 Å². The summed E-state index contributed by atoms with van der Waals surface area (Å²) in [7, 11) is 0. The van der Waals surface area contributed by atoms with Crippen molar-refractivity contribution in [3.63, 3.8) is 0 Å². The van der Waals surface area contributed by atoms with Crippen LogP contribution in [0.25, 0.3) is 11.3 Å². The van der Waals surface area contributed by atoms with Gasteiger partial charge in [-0.25, -0.2) is 9.37 Å². The van der Waals surface area contributed by atoms with Crippen molar-refractivity contribution in [3.05, 3.63) is 53.5 Å². The van der Waals surface area contributed by atoms with Gasteiger partial charge in [-0.15, -0.1) is 0 Å². The number of nitrogens with two attached hydrogens (primary N) is 1. The predicted octanol–water partition coefficient (Wildman–Crippen LogP) is 3.37. The van der Waals surface area contributed by atoms with Crippen molar-refractivity contribution < 1.29 is 17.6 Å². The van der Waals surface area contributed by atoms with E-state index in [2.05, 4.69) is 4.98 Å². The zero-order chi connectivity index (χ0) is 14.0. The lowest BCUT2D eigenvalue weighted by Gasteiger charge is -2.11. The molecule has 0 fully saturated rings. The van der Waals surface area contributed by atoms with E-state index in [1.807, 2.05) is 0 Å². The quantitative estimate of drug-likeness (QED) is 0.850. The van der Waals surface area contributed by atoms with Gasteiger partial charge >= 0.3 is 6.18 Å². The molecule has 0 bridgehead atoms. The molecule has 0 spiro atoms. The number of alkyl halides is 3. The van der Waals surface area contributed by atoms with Gasteiger partial charge in [0.1, 0.15) is 11.5 Å². The highest BCUT2D eigenvalue weighted by molar-refractivity contribution is 5.63. The number of halogens is 4. The Morgan fingerprint density at radius 2 is 1.84 bits per heavy atom. The second kappa shape index (κ2) is 4.97. The molecule has 0 aliphatic carbocycles. The average molecular weight is 270 g/mol. The van der Waals surface area contributed by atoms with E-state index in [4.69, 9.17) is 5.73 Å². The van der Waals surface area contributed by atoms with Crippen molar-refractivity contribution in [1.82, 2.24) is 4.98 Å². The van der Waals surface area contributed by atoms with Gasteiger partial charge in [0, 0.05) is 12.1 Å². The van der Waals surface area contributed by atoms with Crippen LogP contribution in [0.15, 0.2) is 36.4 Å². The molecule has 6 heteroatoms. The van der Waals surface area contributed by atoms with Crippen molar-refractivity contribution in [3.8, 4) is 11.3 Å². The summed E-state index contributed by atoms with van der Waals surface area (Å²) in [5, 5.41) is 0. The number of hydrogen-bond acceptors (Lipinski definition) is 2. The van der Waals surface area contributed by atoms with E-state index in [1.165, 1.54) is 24.3 Å². The fourth-order valence-electron chi connectivity index (χ4n) is 1.70. The highest BCUT2D eigenvalue weighted by atomic mass is 19.4. The van der Waals surface area contributed by atoms with Gasteiger partial charge in [-0.05, 0) is 23.8 Å². The number of pyridine rings is 1. The third kappa shape index (κ3) is 2.90. The maximum Gasteiger partial charge on any atom is 0.433 e. The van der Waals surface area contributed by atoms with E-state index >= 15 is 0 Å². The fraction of sp³-hybridized carbons (Fsp3) is 0.154. The summed E-state index contributed by atoms with van der Waals surface area (Å²) < 4.78 is 51.0. The standard InChI is InChI=1S/C13H10F4N2/c14-10-3-1-2-8(6-10)12-9(7-18)4-5-11(19-12)13(15,16)17/h1-6H,7,18H2. The number of rotatable bonds is 2. The van der Waals surface area contributed by atoms with Crippen LogP contribution in [-0.4, -0.2) is 4.98 Å². The van der Waals surface area contributed by atoms with E-state index in [0.29, 0.717) is 5.56 Å². The van der Waals surface area contributed by atoms with Crippen molar-refractivity contribution in [2.24, 2.45) is 5.73 Å². The molecule has 0 saturated heterocycles. The minimum Gasteiger partial charge on any atom is -0.326 e. The molecule has 0 amide bonds. The lowest BCUT2D eigenvalue weighted by Crippen LogP contribution is -2.11. The van der Waals surface area contributed by atoms with E-state index in [9.17, 15) is 17.6 Å². The smallest absolute Gasteiger partial charge is 0.326 e. The van der Waals surface area contributed by atoms with Gasteiger partial charge in [0.2, 0.25) is 0 Å². The lowest BCUT2D eigenvalue weighted by molar-refractivity contribution is -0.141. The molecule has 0 atom stereocenters. The van der Waals surface area contributed by atoms with E-state index < -0.39 is 17.7 Å². The Hall–Kier alpha value is -1.95.